The largest absolute Gasteiger partial charge is 0.333 e. The van der Waals surface area contributed by atoms with E-state index >= 15 is 0 Å². The summed E-state index contributed by atoms with van der Waals surface area (Å²) in [5.41, 5.74) is -0.182. The van der Waals surface area contributed by atoms with E-state index in [0.29, 0.717) is 6.41 Å². The zero-order valence-corrected chi connectivity index (χ0v) is 7.72. The maximum Gasteiger partial charge on any atom is 0.321 e. The van der Waals surface area contributed by atoms with Gasteiger partial charge in [0.1, 0.15) is 0 Å². The lowest BCUT2D eigenvalue weighted by Crippen LogP contribution is -2.54. The molecule has 0 aliphatic carbocycles. The van der Waals surface area contributed by atoms with Gasteiger partial charge in [0.05, 0.1) is 0 Å². The standard InChI is InChI=1S/C8H15N3O2/c1-8(2-4-9-5-3-8)11-7(13)10-6-12/h6,9H,2-5H2,1H3,(H2,10,11,12,13). The number of urea groups is 1. The molecule has 0 bridgehead atoms. The van der Waals surface area contributed by atoms with Crippen molar-refractivity contribution in [3.8, 4) is 0 Å². The third-order valence-electron chi connectivity index (χ3n) is 2.31. The molecular weight excluding hydrogens is 170 g/mol. The summed E-state index contributed by atoms with van der Waals surface area (Å²) >= 11 is 0. The number of carbonyl (C=O) groups excluding carboxylic acids is 2. The van der Waals surface area contributed by atoms with E-state index in [2.05, 4.69) is 16.0 Å². The smallest absolute Gasteiger partial charge is 0.321 e. The molecule has 1 heterocycles. The highest BCUT2D eigenvalue weighted by atomic mass is 16.2. The minimum Gasteiger partial charge on any atom is -0.333 e. The Balaban J connectivity index is 2.40. The van der Waals surface area contributed by atoms with E-state index in [1.54, 1.807) is 0 Å². The molecule has 0 radical (unpaired) electrons. The van der Waals surface area contributed by atoms with Gasteiger partial charge in [0.2, 0.25) is 6.41 Å². The summed E-state index contributed by atoms with van der Waals surface area (Å²) in [5, 5.41) is 8.05. The number of rotatable bonds is 2. The predicted molar refractivity (Wildman–Crippen MR) is 48.2 cm³/mol. The first kappa shape index (κ1) is 9.98. The van der Waals surface area contributed by atoms with Crippen LogP contribution in [-0.2, 0) is 4.79 Å². The molecule has 0 spiro atoms. The average molecular weight is 185 g/mol. The number of imide groups is 1. The highest BCUT2D eigenvalue weighted by Crippen LogP contribution is 2.16. The van der Waals surface area contributed by atoms with Crippen molar-refractivity contribution < 1.29 is 9.59 Å². The summed E-state index contributed by atoms with van der Waals surface area (Å²) in [6, 6.07) is -0.417. The van der Waals surface area contributed by atoms with Crippen LogP contribution in [0.1, 0.15) is 19.8 Å². The molecule has 1 fully saturated rings. The van der Waals surface area contributed by atoms with Crippen LogP contribution in [0.4, 0.5) is 4.79 Å². The zero-order chi connectivity index (χ0) is 9.73. The molecule has 0 unspecified atom stereocenters. The van der Waals surface area contributed by atoms with Crippen LogP contribution in [0.5, 0.6) is 0 Å². The highest BCUT2D eigenvalue weighted by molar-refractivity contribution is 5.84. The minimum atomic E-state index is -0.417. The van der Waals surface area contributed by atoms with Gasteiger partial charge < -0.3 is 10.6 Å². The van der Waals surface area contributed by atoms with Gasteiger partial charge in [-0.15, -0.1) is 0 Å². The summed E-state index contributed by atoms with van der Waals surface area (Å²) < 4.78 is 0. The Morgan fingerprint density at radius 2 is 2.08 bits per heavy atom. The van der Waals surface area contributed by atoms with Crippen LogP contribution in [0.15, 0.2) is 0 Å². The topological polar surface area (TPSA) is 70.2 Å². The third kappa shape index (κ3) is 3.02. The van der Waals surface area contributed by atoms with Crippen molar-refractivity contribution in [2.45, 2.75) is 25.3 Å². The van der Waals surface area contributed by atoms with Gasteiger partial charge >= 0.3 is 6.03 Å². The highest BCUT2D eigenvalue weighted by Gasteiger charge is 2.27. The Kier molecular flexibility index (Phi) is 3.25. The van der Waals surface area contributed by atoms with Crippen molar-refractivity contribution in [3.63, 3.8) is 0 Å². The number of hydrogen-bond donors (Lipinski definition) is 3. The fourth-order valence-corrected chi connectivity index (χ4v) is 1.47. The molecule has 0 aromatic rings. The number of piperidine rings is 1. The Hall–Kier alpha value is -1.10. The fourth-order valence-electron chi connectivity index (χ4n) is 1.47. The molecule has 74 valence electrons. The Morgan fingerprint density at radius 1 is 1.46 bits per heavy atom. The lowest BCUT2D eigenvalue weighted by molar-refractivity contribution is -0.108. The number of nitrogens with one attached hydrogen (secondary N) is 3. The van der Waals surface area contributed by atoms with E-state index in [1.807, 2.05) is 6.92 Å². The van der Waals surface area contributed by atoms with Crippen molar-refractivity contribution in [2.75, 3.05) is 13.1 Å². The maximum atomic E-state index is 11.0. The fraction of sp³-hybridized carbons (Fsp3) is 0.750. The van der Waals surface area contributed by atoms with E-state index in [1.165, 1.54) is 0 Å². The molecule has 13 heavy (non-hydrogen) atoms. The second-order valence-electron chi connectivity index (χ2n) is 3.53. The van der Waals surface area contributed by atoms with Gasteiger partial charge in [0.15, 0.2) is 0 Å². The number of amides is 3. The third-order valence-corrected chi connectivity index (χ3v) is 2.31. The average Bonchev–Trinajstić information content (AvgIpc) is 2.04. The maximum absolute atomic E-state index is 11.0. The molecule has 1 saturated heterocycles. The van der Waals surface area contributed by atoms with Gasteiger partial charge in [-0.3, -0.25) is 10.1 Å². The van der Waals surface area contributed by atoms with Crippen LogP contribution >= 0.6 is 0 Å². The summed E-state index contributed by atoms with van der Waals surface area (Å²) in [6.07, 6.45) is 2.17. The van der Waals surface area contributed by atoms with Gasteiger partial charge in [0, 0.05) is 5.54 Å². The lowest BCUT2D eigenvalue weighted by Gasteiger charge is -2.34. The summed E-state index contributed by atoms with van der Waals surface area (Å²) in [5.74, 6) is 0. The SMILES string of the molecule is CC1(NC(=O)NC=O)CCNCC1. The van der Waals surface area contributed by atoms with Crippen LogP contribution in [0.3, 0.4) is 0 Å². The summed E-state index contributed by atoms with van der Waals surface area (Å²) in [4.78, 5) is 21.0. The monoisotopic (exact) mass is 185 g/mol. The van der Waals surface area contributed by atoms with Crippen LogP contribution in [0.25, 0.3) is 0 Å². The molecule has 1 aliphatic heterocycles. The van der Waals surface area contributed by atoms with Crippen LogP contribution < -0.4 is 16.0 Å². The molecule has 5 heteroatoms. The Bertz CT molecular complexity index is 200. The van der Waals surface area contributed by atoms with Crippen LogP contribution in [-0.4, -0.2) is 31.1 Å². The molecule has 5 nitrogen and oxygen atoms in total. The van der Waals surface area contributed by atoms with Crippen molar-refractivity contribution in [1.29, 1.82) is 0 Å². The van der Waals surface area contributed by atoms with Crippen LogP contribution in [0.2, 0.25) is 0 Å². The number of hydrogen-bond acceptors (Lipinski definition) is 3. The van der Waals surface area contributed by atoms with E-state index in [9.17, 15) is 9.59 Å². The van der Waals surface area contributed by atoms with Gasteiger partial charge in [0.25, 0.3) is 0 Å². The first-order valence-corrected chi connectivity index (χ1v) is 4.39. The molecule has 0 aromatic heterocycles. The Morgan fingerprint density at radius 3 is 2.62 bits per heavy atom. The molecule has 0 saturated carbocycles. The molecule has 0 aromatic carbocycles. The van der Waals surface area contributed by atoms with E-state index in [4.69, 9.17) is 0 Å². The van der Waals surface area contributed by atoms with Crippen molar-refractivity contribution in [3.05, 3.63) is 0 Å². The minimum absolute atomic E-state index is 0.182. The van der Waals surface area contributed by atoms with Crippen molar-refractivity contribution >= 4 is 12.4 Å². The predicted octanol–water partition coefficient (Wildman–Crippen LogP) is -0.416. The van der Waals surface area contributed by atoms with Gasteiger partial charge in [-0.25, -0.2) is 4.79 Å². The van der Waals surface area contributed by atoms with Gasteiger partial charge in [-0.1, -0.05) is 0 Å². The molecular formula is C8H15N3O2. The van der Waals surface area contributed by atoms with E-state index < -0.39 is 6.03 Å². The number of carbonyl (C=O) groups is 2. The summed E-state index contributed by atoms with van der Waals surface area (Å²) in [6.45, 7) is 3.79. The van der Waals surface area contributed by atoms with Crippen molar-refractivity contribution in [1.82, 2.24) is 16.0 Å². The quantitative estimate of drug-likeness (QED) is 0.512. The van der Waals surface area contributed by atoms with E-state index in [0.717, 1.165) is 25.9 Å². The molecule has 3 N–H and O–H groups in total. The second kappa shape index (κ2) is 4.23. The Labute approximate surface area is 77.3 Å². The molecule has 3 amide bonds. The van der Waals surface area contributed by atoms with Gasteiger partial charge in [-0.05, 0) is 32.9 Å². The second-order valence-corrected chi connectivity index (χ2v) is 3.53. The van der Waals surface area contributed by atoms with Gasteiger partial charge in [-0.2, -0.15) is 0 Å². The van der Waals surface area contributed by atoms with Crippen LogP contribution in [0, 0.1) is 0 Å². The van der Waals surface area contributed by atoms with E-state index in [-0.39, 0.29) is 5.54 Å². The molecule has 0 atom stereocenters. The molecule has 1 aliphatic rings. The first-order chi connectivity index (χ1) is 6.16. The zero-order valence-electron chi connectivity index (χ0n) is 7.72. The van der Waals surface area contributed by atoms with Crippen molar-refractivity contribution in [2.24, 2.45) is 0 Å². The lowest BCUT2D eigenvalue weighted by atomic mass is 9.91. The summed E-state index contributed by atoms with van der Waals surface area (Å²) in [7, 11) is 0. The molecule has 1 rings (SSSR count). The first-order valence-electron chi connectivity index (χ1n) is 4.39. The normalized spacial score (nSPS) is 20.4.